The number of nitrogens with one attached hydrogen (secondary N) is 1. The Bertz CT molecular complexity index is 545. The highest BCUT2D eigenvalue weighted by atomic mass is 16.5. The van der Waals surface area contributed by atoms with Crippen LogP contribution >= 0.6 is 0 Å². The largest absolute Gasteiger partial charge is 0.378 e. The molecule has 2 amide bonds. The molecule has 0 atom stereocenters. The van der Waals surface area contributed by atoms with Crippen LogP contribution in [0, 0.1) is 11.3 Å². The van der Waals surface area contributed by atoms with Gasteiger partial charge in [0.25, 0.3) is 5.91 Å². The summed E-state index contributed by atoms with van der Waals surface area (Å²) in [6.45, 7) is 2.13. The Balaban J connectivity index is 2.16. The Morgan fingerprint density at radius 2 is 2.00 bits per heavy atom. The van der Waals surface area contributed by atoms with Gasteiger partial charge in [0.15, 0.2) is 0 Å². The fourth-order valence-corrected chi connectivity index (χ4v) is 1.98. The Kier molecular flexibility index (Phi) is 4.69. The van der Waals surface area contributed by atoms with E-state index < -0.39 is 5.91 Å². The summed E-state index contributed by atoms with van der Waals surface area (Å²) >= 11 is 0. The minimum absolute atomic E-state index is 0.138. The number of benzene rings is 1. The van der Waals surface area contributed by atoms with Gasteiger partial charge >= 0.3 is 0 Å². The summed E-state index contributed by atoms with van der Waals surface area (Å²) in [6, 6.07) is 8.58. The van der Waals surface area contributed by atoms with Gasteiger partial charge in [0.1, 0.15) is 6.42 Å². The zero-order valence-electron chi connectivity index (χ0n) is 11.0. The molecule has 6 heteroatoms. The number of anilines is 1. The first-order valence-electron chi connectivity index (χ1n) is 6.35. The SMILES string of the molecule is N#CCC(=O)Nc1ccccc1C(=O)N1CCOCC1. The molecular weight excluding hydrogens is 258 g/mol. The maximum absolute atomic E-state index is 12.4. The van der Waals surface area contributed by atoms with Crippen LogP contribution < -0.4 is 5.32 Å². The molecule has 0 radical (unpaired) electrons. The summed E-state index contributed by atoms with van der Waals surface area (Å²) in [5.41, 5.74) is 0.866. The lowest BCUT2D eigenvalue weighted by molar-refractivity contribution is -0.115. The molecule has 0 aromatic heterocycles. The molecule has 0 unspecified atom stereocenters. The van der Waals surface area contributed by atoms with Gasteiger partial charge in [-0.1, -0.05) is 12.1 Å². The quantitative estimate of drug-likeness (QED) is 0.891. The van der Waals surface area contributed by atoms with E-state index in [1.165, 1.54) is 0 Å². The summed E-state index contributed by atoms with van der Waals surface area (Å²) in [5, 5.41) is 11.1. The van der Waals surface area contributed by atoms with Crippen molar-refractivity contribution in [2.45, 2.75) is 6.42 Å². The number of hydrogen-bond acceptors (Lipinski definition) is 4. The molecule has 0 aliphatic carbocycles. The number of nitriles is 1. The van der Waals surface area contributed by atoms with Crippen molar-refractivity contribution in [2.75, 3.05) is 31.6 Å². The first-order chi connectivity index (χ1) is 9.72. The van der Waals surface area contributed by atoms with Crippen LogP contribution in [0.5, 0.6) is 0 Å². The first kappa shape index (κ1) is 14.0. The monoisotopic (exact) mass is 273 g/mol. The van der Waals surface area contributed by atoms with E-state index in [9.17, 15) is 9.59 Å². The first-order valence-corrected chi connectivity index (χ1v) is 6.35. The fraction of sp³-hybridized carbons (Fsp3) is 0.357. The van der Waals surface area contributed by atoms with Gasteiger partial charge in [-0.2, -0.15) is 5.26 Å². The van der Waals surface area contributed by atoms with Crippen LogP contribution in [0.4, 0.5) is 5.69 Å². The molecule has 6 nitrogen and oxygen atoms in total. The molecule has 104 valence electrons. The number of morpholine rings is 1. The van der Waals surface area contributed by atoms with E-state index in [1.807, 2.05) is 0 Å². The third-order valence-corrected chi connectivity index (χ3v) is 2.97. The lowest BCUT2D eigenvalue weighted by atomic mass is 10.1. The van der Waals surface area contributed by atoms with Crippen LogP contribution in [0.25, 0.3) is 0 Å². The Morgan fingerprint density at radius 1 is 1.30 bits per heavy atom. The molecule has 2 rings (SSSR count). The van der Waals surface area contributed by atoms with Crippen molar-refractivity contribution < 1.29 is 14.3 Å². The van der Waals surface area contributed by atoms with Crippen LogP contribution in [-0.2, 0) is 9.53 Å². The van der Waals surface area contributed by atoms with Crippen LogP contribution in [0.3, 0.4) is 0 Å². The van der Waals surface area contributed by atoms with E-state index in [2.05, 4.69) is 5.32 Å². The van der Waals surface area contributed by atoms with Gasteiger partial charge in [-0.3, -0.25) is 9.59 Å². The zero-order chi connectivity index (χ0) is 14.4. The van der Waals surface area contributed by atoms with Crippen molar-refractivity contribution >= 4 is 17.5 Å². The maximum Gasteiger partial charge on any atom is 0.256 e. The summed E-state index contributed by atoms with van der Waals surface area (Å²) in [6.07, 6.45) is -0.236. The molecule has 0 saturated carbocycles. The van der Waals surface area contributed by atoms with Crippen molar-refractivity contribution in [2.24, 2.45) is 0 Å². The molecule has 1 aliphatic heterocycles. The predicted molar refractivity (Wildman–Crippen MR) is 72.0 cm³/mol. The minimum atomic E-state index is -0.422. The lowest BCUT2D eigenvalue weighted by Gasteiger charge is -2.27. The minimum Gasteiger partial charge on any atom is -0.378 e. The number of nitrogens with zero attached hydrogens (tertiary/aromatic N) is 2. The van der Waals surface area contributed by atoms with E-state index in [-0.39, 0.29) is 12.3 Å². The summed E-state index contributed by atoms with van der Waals surface area (Å²) in [4.78, 5) is 25.6. The molecule has 1 N–H and O–H groups in total. The van der Waals surface area contributed by atoms with Gasteiger partial charge in [-0.15, -0.1) is 0 Å². The summed E-state index contributed by atoms with van der Waals surface area (Å²) < 4.78 is 5.21. The van der Waals surface area contributed by atoms with E-state index >= 15 is 0 Å². The van der Waals surface area contributed by atoms with Crippen LogP contribution in [0.1, 0.15) is 16.8 Å². The van der Waals surface area contributed by atoms with Crippen LogP contribution in [0.2, 0.25) is 0 Å². The second kappa shape index (κ2) is 6.68. The second-order valence-corrected chi connectivity index (χ2v) is 4.33. The van der Waals surface area contributed by atoms with Gasteiger partial charge in [0.05, 0.1) is 30.5 Å². The Labute approximate surface area is 116 Å². The number of carbonyl (C=O) groups is 2. The van der Waals surface area contributed by atoms with Crippen molar-refractivity contribution in [3.8, 4) is 6.07 Å². The smallest absolute Gasteiger partial charge is 0.256 e. The number of rotatable bonds is 3. The molecule has 0 spiro atoms. The van der Waals surface area contributed by atoms with E-state index in [0.717, 1.165) is 0 Å². The number of para-hydroxylation sites is 1. The second-order valence-electron chi connectivity index (χ2n) is 4.33. The highest BCUT2D eigenvalue weighted by molar-refractivity contribution is 6.04. The molecular formula is C14H15N3O3. The molecule has 20 heavy (non-hydrogen) atoms. The van der Waals surface area contributed by atoms with Gasteiger partial charge in [-0.05, 0) is 12.1 Å². The highest BCUT2D eigenvalue weighted by Crippen LogP contribution is 2.18. The van der Waals surface area contributed by atoms with Crippen molar-refractivity contribution in [3.63, 3.8) is 0 Å². The average Bonchev–Trinajstić information content (AvgIpc) is 2.48. The normalized spacial score (nSPS) is 14.4. The molecule has 1 aromatic carbocycles. The molecule has 1 aliphatic rings. The number of carbonyl (C=O) groups excluding carboxylic acids is 2. The van der Waals surface area contributed by atoms with Crippen molar-refractivity contribution in [1.82, 2.24) is 4.90 Å². The molecule has 1 heterocycles. The van der Waals surface area contributed by atoms with Crippen LogP contribution in [-0.4, -0.2) is 43.0 Å². The highest BCUT2D eigenvalue weighted by Gasteiger charge is 2.21. The number of amides is 2. The van der Waals surface area contributed by atoms with Crippen molar-refractivity contribution in [1.29, 1.82) is 5.26 Å². The number of hydrogen-bond donors (Lipinski definition) is 1. The van der Waals surface area contributed by atoms with E-state index in [0.29, 0.717) is 37.6 Å². The summed E-state index contributed by atoms with van der Waals surface area (Å²) in [5.74, 6) is -0.559. The van der Waals surface area contributed by atoms with E-state index in [4.69, 9.17) is 10.00 Å². The average molecular weight is 273 g/mol. The van der Waals surface area contributed by atoms with Gasteiger partial charge in [0.2, 0.25) is 5.91 Å². The topological polar surface area (TPSA) is 82.4 Å². The summed E-state index contributed by atoms with van der Waals surface area (Å²) in [7, 11) is 0. The third kappa shape index (κ3) is 3.33. The van der Waals surface area contributed by atoms with Crippen molar-refractivity contribution in [3.05, 3.63) is 29.8 Å². The number of ether oxygens (including phenoxy) is 1. The molecule has 1 aromatic rings. The standard InChI is InChI=1S/C14H15N3O3/c15-6-5-13(18)16-12-4-2-1-3-11(12)14(19)17-7-9-20-10-8-17/h1-4H,5,7-10H2,(H,16,18). The van der Waals surface area contributed by atoms with Gasteiger partial charge in [-0.25, -0.2) is 0 Å². The maximum atomic E-state index is 12.4. The predicted octanol–water partition coefficient (Wildman–Crippen LogP) is 1.01. The van der Waals surface area contributed by atoms with Gasteiger partial charge in [0, 0.05) is 13.1 Å². The Hall–Kier alpha value is -2.39. The lowest BCUT2D eigenvalue weighted by Crippen LogP contribution is -2.41. The molecule has 1 fully saturated rings. The third-order valence-electron chi connectivity index (χ3n) is 2.97. The zero-order valence-corrected chi connectivity index (χ0v) is 11.0. The fourth-order valence-electron chi connectivity index (χ4n) is 1.98. The van der Waals surface area contributed by atoms with Crippen LogP contribution in [0.15, 0.2) is 24.3 Å². The van der Waals surface area contributed by atoms with E-state index in [1.54, 1.807) is 35.2 Å². The molecule has 0 bridgehead atoms. The Morgan fingerprint density at radius 3 is 2.70 bits per heavy atom. The molecule has 1 saturated heterocycles. The van der Waals surface area contributed by atoms with Gasteiger partial charge < -0.3 is 15.0 Å².